The van der Waals surface area contributed by atoms with Gasteiger partial charge in [0.05, 0.1) is 18.0 Å². The number of hydrogen-bond donors (Lipinski definition) is 1. The largest absolute Gasteiger partial charge is 0.493 e. The van der Waals surface area contributed by atoms with E-state index in [0.29, 0.717) is 6.61 Å². The number of rotatable bonds is 11. The Morgan fingerprint density at radius 2 is 1.93 bits per heavy atom. The molecule has 2 rings (SSSR count). The zero-order valence-electron chi connectivity index (χ0n) is 16.8. The molecule has 0 spiro atoms. The number of sulfonamides is 1. The Morgan fingerprint density at radius 1 is 1.21 bits per heavy atom. The number of likely N-dealkylation sites (N-methyl/N-ethyl adjacent to an activating group) is 1. The van der Waals surface area contributed by atoms with Crippen molar-refractivity contribution in [3.63, 3.8) is 0 Å². The number of benzene rings is 2. The summed E-state index contributed by atoms with van der Waals surface area (Å²) in [5, 5.41) is 0. The van der Waals surface area contributed by atoms with Crippen LogP contribution in [-0.4, -0.2) is 40.1 Å². The standard InChI is InChI=1S/C22H27BrN2O3S/c1-4-13-24-29(26,27)21-9-6-18(7-10-21)12-14-25(3)17-19-16-20(23)8-11-22(19)28-15-5-2/h1,6-11,16,24H,5,12-15,17H2,2-3H3. The number of terminal acetylenes is 1. The maximum absolute atomic E-state index is 12.1. The van der Waals surface area contributed by atoms with Crippen LogP contribution in [0.3, 0.4) is 0 Å². The van der Waals surface area contributed by atoms with E-state index in [0.717, 1.165) is 47.3 Å². The van der Waals surface area contributed by atoms with Crippen molar-refractivity contribution in [3.05, 3.63) is 58.1 Å². The Labute approximate surface area is 182 Å². The molecule has 0 fully saturated rings. The van der Waals surface area contributed by atoms with Crippen molar-refractivity contribution in [1.82, 2.24) is 9.62 Å². The second-order valence-corrected chi connectivity index (χ2v) is 9.44. The van der Waals surface area contributed by atoms with Crippen LogP contribution < -0.4 is 9.46 Å². The molecule has 0 radical (unpaired) electrons. The third kappa shape index (κ3) is 7.48. The van der Waals surface area contributed by atoms with E-state index in [1.165, 1.54) is 0 Å². The first kappa shape index (κ1) is 23.4. The van der Waals surface area contributed by atoms with Gasteiger partial charge in [-0.1, -0.05) is 40.9 Å². The Morgan fingerprint density at radius 3 is 2.59 bits per heavy atom. The van der Waals surface area contributed by atoms with E-state index in [9.17, 15) is 8.42 Å². The van der Waals surface area contributed by atoms with Gasteiger partial charge < -0.3 is 9.64 Å². The summed E-state index contributed by atoms with van der Waals surface area (Å²) in [7, 11) is -1.49. The van der Waals surface area contributed by atoms with Crippen LogP contribution in [0.25, 0.3) is 0 Å². The molecule has 7 heteroatoms. The molecule has 0 aliphatic rings. The monoisotopic (exact) mass is 478 g/mol. The van der Waals surface area contributed by atoms with Gasteiger partial charge >= 0.3 is 0 Å². The fourth-order valence-electron chi connectivity index (χ4n) is 2.77. The molecule has 1 N–H and O–H groups in total. The van der Waals surface area contributed by atoms with E-state index in [1.807, 2.05) is 24.3 Å². The van der Waals surface area contributed by atoms with E-state index in [2.05, 4.69) is 51.5 Å². The first-order valence-electron chi connectivity index (χ1n) is 9.47. The maximum atomic E-state index is 12.1. The highest BCUT2D eigenvalue weighted by Gasteiger charge is 2.13. The van der Waals surface area contributed by atoms with E-state index >= 15 is 0 Å². The van der Waals surface area contributed by atoms with Crippen molar-refractivity contribution in [2.45, 2.75) is 31.2 Å². The molecule has 0 aliphatic carbocycles. The molecule has 2 aromatic rings. The van der Waals surface area contributed by atoms with E-state index < -0.39 is 10.0 Å². The molecule has 29 heavy (non-hydrogen) atoms. The van der Waals surface area contributed by atoms with Gasteiger partial charge in [-0.05, 0) is 55.8 Å². The van der Waals surface area contributed by atoms with E-state index in [1.54, 1.807) is 12.1 Å². The molecule has 0 bridgehead atoms. The molecule has 156 valence electrons. The highest BCUT2D eigenvalue weighted by Crippen LogP contribution is 2.24. The van der Waals surface area contributed by atoms with Crippen molar-refractivity contribution in [3.8, 4) is 18.1 Å². The van der Waals surface area contributed by atoms with E-state index in [-0.39, 0.29) is 11.4 Å². The molecule has 0 unspecified atom stereocenters. The normalized spacial score (nSPS) is 11.4. The average molecular weight is 479 g/mol. The van der Waals surface area contributed by atoms with Gasteiger partial charge in [-0.15, -0.1) is 6.42 Å². The summed E-state index contributed by atoms with van der Waals surface area (Å²) < 4.78 is 33.4. The lowest BCUT2D eigenvalue weighted by molar-refractivity contribution is 0.294. The van der Waals surface area contributed by atoms with Crippen LogP contribution >= 0.6 is 15.9 Å². The second-order valence-electron chi connectivity index (χ2n) is 6.76. The summed E-state index contributed by atoms with van der Waals surface area (Å²) in [6.07, 6.45) is 6.89. The highest BCUT2D eigenvalue weighted by molar-refractivity contribution is 9.10. The van der Waals surface area contributed by atoms with Crippen molar-refractivity contribution >= 4 is 26.0 Å². The van der Waals surface area contributed by atoms with Crippen LogP contribution in [0.4, 0.5) is 0 Å². The zero-order valence-corrected chi connectivity index (χ0v) is 19.2. The second kappa shape index (κ2) is 11.4. The lowest BCUT2D eigenvalue weighted by atomic mass is 10.1. The van der Waals surface area contributed by atoms with Crippen LogP contribution in [-0.2, 0) is 23.0 Å². The molecule has 0 saturated heterocycles. The molecule has 2 aromatic carbocycles. The summed E-state index contributed by atoms with van der Waals surface area (Å²) in [6.45, 7) is 4.37. The fraction of sp³-hybridized carbons (Fsp3) is 0.364. The first-order chi connectivity index (χ1) is 13.9. The zero-order chi connectivity index (χ0) is 21.3. The molecule has 0 heterocycles. The molecule has 0 amide bonds. The molecular weight excluding hydrogens is 452 g/mol. The minimum Gasteiger partial charge on any atom is -0.493 e. The summed E-state index contributed by atoms with van der Waals surface area (Å²) in [5.41, 5.74) is 2.21. The van der Waals surface area contributed by atoms with Crippen LogP contribution in [0.1, 0.15) is 24.5 Å². The van der Waals surface area contributed by atoms with Crippen molar-refractivity contribution in [2.24, 2.45) is 0 Å². The Bertz CT molecular complexity index is 938. The van der Waals surface area contributed by atoms with Gasteiger partial charge in [0, 0.05) is 23.1 Å². The predicted molar refractivity (Wildman–Crippen MR) is 120 cm³/mol. The topological polar surface area (TPSA) is 58.6 Å². The van der Waals surface area contributed by atoms with Gasteiger partial charge in [-0.25, -0.2) is 8.42 Å². The summed E-state index contributed by atoms with van der Waals surface area (Å²) in [6, 6.07) is 13.0. The summed E-state index contributed by atoms with van der Waals surface area (Å²) in [5.74, 6) is 3.18. The van der Waals surface area contributed by atoms with Gasteiger partial charge in [0.2, 0.25) is 10.0 Å². The Balaban J connectivity index is 1.95. The fourth-order valence-corrected chi connectivity index (χ4v) is 4.11. The number of nitrogens with one attached hydrogen (secondary N) is 1. The third-order valence-electron chi connectivity index (χ3n) is 4.30. The quantitative estimate of drug-likeness (QED) is 0.498. The van der Waals surface area contributed by atoms with E-state index in [4.69, 9.17) is 11.2 Å². The van der Waals surface area contributed by atoms with Gasteiger partial charge in [0.15, 0.2) is 0 Å². The molecule has 0 aliphatic heterocycles. The minimum absolute atomic E-state index is 0.0194. The number of nitrogens with zero attached hydrogens (tertiary/aromatic N) is 1. The van der Waals surface area contributed by atoms with Crippen molar-refractivity contribution in [2.75, 3.05) is 26.7 Å². The van der Waals surface area contributed by atoms with Crippen LogP contribution in [0.2, 0.25) is 0 Å². The van der Waals surface area contributed by atoms with Gasteiger partial charge in [0.25, 0.3) is 0 Å². The predicted octanol–water partition coefficient (Wildman–Crippen LogP) is 3.82. The maximum Gasteiger partial charge on any atom is 0.241 e. The number of halogens is 1. The van der Waals surface area contributed by atoms with Crippen LogP contribution in [0.5, 0.6) is 5.75 Å². The summed E-state index contributed by atoms with van der Waals surface area (Å²) in [4.78, 5) is 2.44. The van der Waals surface area contributed by atoms with Crippen molar-refractivity contribution in [1.29, 1.82) is 0 Å². The Kier molecular flexibility index (Phi) is 9.18. The Hall–Kier alpha value is -1.85. The highest BCUT2D eigenvalue weighted by atomic mass is 79.9. The van der Waals surface area contributed by atoms with Crippen molar-refractivity contribution < 1.29 is 13.2 Å². The summed E-state index contributed by atoms with van der Waals surface area (Å²) >= 11 is 3.53. The number of hydrogen-bond acceptors (Lipinski definition) is 4. The molecule has 0 aromatic heterocycles. The lowest BCUT2D eigenvalue weighted by Gasteiger charge is -2.19. The first-order valence-corrected chi connectivity index (χ1v) is 11.7. The third-order valence-corrected chi connectivity index (χ3v) is 6.21. The van der Waals surface area contributed by atoms with Crippen LogP contribution in [0, 0.1) is 12.3 Å². The van der Waals surface area contributed by atoms with Crippen LogP contribution in [0.15, 0.2) is 51.8 Å². The lowest BCUT2D eigenvalue weighted by Crippen LogP contribution is -2.24. The average Bonchev–Trinajstić information content (AvgIpc) is 2.70. The molecule has 0 atom stereocenters. The number of ether oxygens (including phenoxy) is 1. The minimum atomic E-state index is -3.55. The van der Waals surface area contributed by atoms with Gasteiger partial charge in [-0.3, -0.25) is 0 Å². The molecule has 0 saturated carbocycles. The SMILES string of the molecule is C#CCNS(=O)(=O)c1ccc(CCN(C)Cc2cc(Br)ccc2OCCC)cc1. The molecule has 5 nitrogen and oxygen atoms in total. The van der Waals surface area contributed by atoms with Gasteiger partial charge in [0.1, 0.15) is 5.75 Å². The smallest absolute Gasteiger partial charge is 0.241 e. The van der Waals surface area contributed by atoms with Gasteiger partial charge in [-0.2, -0.15) is 4.72 Å². The molecular formula is C22H27BrN2O3S.